The SMILES string of the molecule is CC(Oc1ccc(Br)cc1)C(=O)OCc1ncc(-c2ccc(F)cc2)o1. The molecule has 1 aromatic heterocycles. The number of nitrogens with zero attached hydrogens (tertiary/aromatic N) is 1. The molecule has 3 rings (SSSR count). The number of oxazole rings is 1. The van der Waals surface area contributed by atoms with Gasteiger partial charge >= 0.3 is 5.97 Å². The average molecular weight is 420 g/mol. The number of rotatable bonds is 6. The van der Waals surface area contributed by atoms with Gasteiger partial charge in [-0.05, 0) is 55.5 Å². The number of aromatic nitrogens is 1. The summed E-state index contributed by atoms with van der Waals surface area (Å²) in [6, 6.07) is 13.0. The highest BCUT2D eigenvalue weighted by Gasteiger charge is 2.18. The van der Waals surface area contributed by atoms with Crippen LogP contribution in [0.4, 0.5) is 4.39 Å². The Morgan fingerprint density at radius 2 is 1.88 bits per heavy atom. The zero-order valence-corrected chi connectivity index (χ0v) is 15.4. The average Bonchev–Trinajstić information content (AvgIpc) is 3.11. The summed E-state index contributed by atoms with van der Waals surface area (Å²) in [4.78, 5) is 16.1. The number of esters is 1. The smallest absolute Gasteiger partial charge is 0.347 e. The van der Waals surface area contributed by atoms with Gasteiger partial charge in [-0.1, -0.05) is 15.9 Å². The van der Waals surface area contributed by atoms with Crippen LogP contribution in [0.5, 0.6) is 5.75 Å². The van der Waals surface area contributed by atoms with E-state index in [9.17, 15) is 9.18 Å². The molecule has 0 N–H and O–H groups in total. The Bertz CT molecular complexity index is 877. The van der Waals surface area contributed by atoms with Crippen LogP contribution in [0.15, 0.2) is 63.6 Å². The van der Waals surface area contributed by atoms with Crippen molar-refractivity contribution in [2.45, 2.75) is 19.6 Å². The third kappa shape index (κ3) is 4.70. The molecule has 5 nitrogen and oxygen atoms in total. The molecule has 1 atom stereocenters. The monoisotopic (exact) mass is 419 g/mol. The molecule has 0 spiro atoms. The maximum atomic E-state index is 13.0. The van der Waals surface area contributed by atoms with Crippen LogP contribution < -0.4 is 4.74 Å². The van der Waals surface area contributed by atoms with Gasteiger partial charge in [-0.15, -0.1) is 0 Å². The summed E-state index contributed by atoms with van der Waals surface area (Å²) in [6.45, 7) is 1.48. The molecule has 2 aromatic carbocycles. The second-order valence-electron chi connectivity index (χ2n) is 5.45. The molecule has 0 saturated carbocycles. The highest BCUT2D eigenvalue weighted by molar-refractivity contribution is 9.10. The van der Waals surface area contributed by atoms with Gasteiger partial charge in [0.25, 0.3) is 0 Å². The lowest BCUT2D eigenvalue weighted by Crippen LogP contribution is -2.26. The first-order valence-electron chi connectivity index (χ1n) is 7.81. The van der Waals surface area contributed by atoms with Crippen LogP contribution in [0.2, 0.25) is 0 Å². The van der Waals surface area contributed by atoms with E-state index in [-0.39, 0.29) is 18.3 Å². The van der Waals surface area contributed by atoms with E-state index < -0.39 is 12.1 Å². The summed E-state index contributed by atoms with van der Waals surface area (Å²) >= 11 is 3.33. The Labute approximate surface area is 157 Å². The topological polar surface area (TPSA) is 61.6 Å². The van der Waals surface area contributed by atoms with Gasteiger partial charge in [-0.3, -0.25) is 0 Å². The van der Waals surface area contributed by atoms with Crippen molar-refractivity contribution in [3.63, 3.8) is 0 Å². The Balaban J connectivity index is 1.54. The van der Waals surface area contributed by atoms with Gasteiger partial charge in [0, 0.05) is 10.0 Å². The molecular weight excluding hydrogens is 405 g/mol. The zero-order valence-electron chi connectivity index (χ0n) is 13.8. The first-order chi connectivity index (χ1) is 12.5. The van der Waals surface area contributed by atoms with E-state index in [1.807, 2.05) is 12.1 Å². The van der Waals surface area contributed by atoms with Gasteiger partial charge in [-0.25, -0.2) is 14.2 Å². The van der Waals surface area contributed by atoms with Crippen LogP contribution in [-0.2, 0) is 16.1 Å². The van der Waals surface area contributed by atoms with E-state index in [0.717, 1.165) is 4.47 Å². The quantitative estimate of drug-likeness (QED) is 0.539. The zero-order chi connectivity index (χ0) is 18.5. The molecule has 3 aromatic rings. The molecule has 0 aliphatic rings. The van der Waals surface area contributed by atoms with Gasteiger partial charge in [-0.2, -0.15) is 0 Å². The van der Waals surface area contributed by atoms with Crippen LogP contribution in [0.1, 0.15) is 12.8 Å². The first kappa shape index (κ1) is 18.1. The number of benzene rings is 2. The minimum absolute atomic E-state index is 0.117. The number of hydrogen-bond acceptors (Lipinski definition) is 5. The van der Waals surface area contributed by atoms with E-state index >= 15 is 0 Å². The molecule has 0 saturated heterocycles. The molecule has 26 heavy (non-hydrogen) atoms. The lowest BCUT2D eigenvalue weighted by Gasteiger charge is -2.13. The summed E-state index contributed by atoms with van der Waals surface area (Å²) in [5.41, 5.74) is 0.684. The molecule has 7 heteroatoms. The Morgan fingerprint density at radius 3 is 2.58 bits per heavy atom. The van der Waals surface area contributed by atoms with Gasteiger partial charge in [0.2, 0.25) is 5.89 Å². The largest absolute Gasteiger partial charge is 0.479 e. The molecule has 0 bridgehead atoms. The standard InChI is InChI=1S/C19H15BrFNO4/c1-12(25-16-8-4-14(20)5-9-16)19(23)24-11-18-22-10-17(26-18)13-2-6-15(21)7-3-13/h2-10,12H,11H2,1H3. The van der Waals surface area contributed by atoms with Crippen molar-refractivity contribution >= 4 is 21.9 Å². The molecule has 0 aliphatic carbocycles. The fraction of sp³-hybridized carbons (Fsp3) is 0.158. The second kappa shape index (κ2) is 8.14. The van der Waals surface area contributed by atoms with Crippen molar-refractivity contribution in [2.75, 3.05) is 0 Å². The number of hydrogen-bond donors (Lipinski definition) is 0. The van der Waals surface area contributed by atoms with Crippen LogP contribution in [-0.4, -0.2) is 17.1 Å². The maximum absolute atomic E-state index is 13.0. The molecule has 0 aliphatic heterocycles. The lowest BCUT2D eigenvalue weighted by atomic mass is 10.2. The number of halogens is 2. The third-order valence-electron chi connectivity index (χ3n) is 3.48. The predicted molar refractivity (Wildman–Crippen MR) is 95.9 cm³/mol. The molecule has 134 valence electrons. The third-order valence-corrected chi connectivity index (χ3v) is 4.01. The van der Waals surface area contributed by atoms with Crippen molar-refractivity contribution in [3.05, 3.63) is 70.9 Å². The Kier molecular flexibility index (Phi) is 5.68. The molecule has 1 heterocycles. The van der Waals surface area contributed by atoms with Crippen LogP contribution >= 0.6 is 15.9 Å². The summed E-state index contributed by atoms with van der Waals surface area (Å²) in [6.07, 6.45) is 0.723. The summed E-state index contributed by atoms with van der Waals surface area (Å²) in [5.74, 6) is 0.410. The number of carbonyl (C=O) groups excluding carboxylic acids is 1. The summed E-state index contributed by atoms with van der Waals surface area (Å²) in [7, 11) is 0. The van der Waals surface area contributed by atoms with Crippen molar-refractivity contribution in [3.8, 4) is 17.1 Å². The molecule has 1 unspecified atom stereocenters. The number of carbonyl (C=O) groups is 1. The summed E-state index contributed by atoms with van der Waals surface area (Å²) < 4.78 is 30.1. The van der Waals surface area contributed by atoms with Crippen molar-refractivity contribution in [1.82, 2.24) is 4.98 Å². The predicted octanol–water partition coefficient (Wildman–Crippen LogP) is 4.75. The van der Waals surface area contributed by atoms with E-state index in [2.05, 4.69) is 20.9 Å². The fourth-order valence-corrected chi connectivity index (χ4v) is 2.40. The second-order valence-corrected chi connectivity index (χ2v) is 6.36. The summed E-state index contributed by atoms with van der Waals surface area (Å²) in [5, 5.41) is 0. The molecule has 0 amide bonds. The van der Waals surface area contributed by atoms with E-state index in [1.54, 1.807) is 31.2 Å². The molecule has 0 radical (unpaired) electrons. The van der Waals surface area contributed by atoms with E-state index in [4.69, 9.17) is 13.9 Å². The molecular formula is C19H15BrFNO4. The number of ether oxygens (including phenoxy) is 2. The fourth-order valence-electron chi connectivity index (χ4n) is 2.14. The Hall–Kier alpha value is -2.67. The van der Waals surface area contributed by atoms with E-state index in [0.29, 0.717) is 17.1 Å². The van der Waals surface area contributed by atoms with Gasteiger partial charge in [0.15, 0.2) is 18.5 Å². The van der Waals surface area contributed by atoms with Crippen molar-refractivity contribution < 1.29 is 23.1 Å². The normalized spacial score (nSPS) is 11.8. The molecule has 0 fully saturated rings. The first-order valence-corrected chi connectivity index (χ1v) is 8.60. The van der Waals surface area contributed by atoms with Crippen LogP contribution in [0, 0.1) is 5.82 Å². The highest BCUT2D eigenvalue weighted by atomic mass is 79.9. The minimum Gasteiger partial charge on any atom is -0.479 e. The van der Waals surface area contributed by atoms with Gasteiger partial charge in [0.1, 0.15) is 11.6 Å². The van der Waals surface area contributed by atoms with Crippen LogP contribution in [0.3, 0.4) is 0 Å². The minimum atomic E-state index is -0.775. The van der Waals surface area contributed by atoms with Crippen molar-refractivity contribution in [2.24, 2.45) is 0 Å². The van der Waals surface area contributed by atoms with Gasteiger partial charge in [0.05, 0.1) is 6.20 Å². The highest BCUT2D eigenvalue weighted by Crippen LogP contribution is 2.21. The van der Waals surface area contributed by atoms with Gasteiger partial charge < -0.3 is 13.9 Å². The Morgan fingerprint density at radius 1 is 1.19 bits per heavy atom. The maximum Gasteiger partial charge on any atom is 0.347 e. The van der Waals surface area contributed by atoms with E-state index in [1.165, 1.54) is 18.3 Å². The lowest BCUT2D eigenvalue weighted by molar-refractivity contribution is -0.153. The van der Waals surface area contributed by atoms with Crippen LogP contribution in [0.25, 0.3) is 11.3 Å². The van der Waals surface area contributed by atoms with Crippen molar-refractivity contribution in [1.29, 1.82) is 0 Å².